The van der Waals surface area contributed by atoms with E-state index in [0.717, 1.165) is 12.1 Å². The summed E-state index contributed by atoms with van der Waals surface area (Å²) in [6.07, 6.45) is 11.9. The van der Waals surface area contributed by atoms with Gasteiger partial charge in [-0.15, -0.1) is 0 Å². The Hall–Kier alpha value is -1.05. The summed E-state index contributed by atoms with van der Waals surface area (Å²) >= 11 is 0. The van der Waals surface area contributed by atoms with Crippen LogP contribution in [0.15, 0.2) is 18.2 Å². The molecule has 0 radical (unpaired) electrons. The van der Waals surface area contributed by atoms with Crippen molar-refractivity contribution in [1.82, 2.24) is 4.98 Å². The van der Waals surface area contributed by atoms with E-state index < -0.39 is 0 Å². The van der Waals surface area contributed by atoms with Gasteiger partial charge in [0.25, 0.3) is 0 Å². The van der Waals surface area contributed by atoms with Crippen molar-refractivity contribution in [3.63, 3.8) is 0 Å². The van der Waals surface area contributed by atoms with Gasteiger partial charge in [0.05, 0.1) is 0 Å². The first-order valence-electron chi connectivity index (χ1n) is 7.04. The molecule has 0 atom stereocenters. The van der Waals surface area contributed by atoms with Crippen molar-refractivity contribution >= 4 is 5.82 Å². The monoisotopic (exact) mass is 234 g/mol. The van der Waals surface area contributed by atoms with Crippen molar-refractivity contribution in [2.75, 3.05) is 5.73 Å². The van der Waals surface area contributed by atoms with Crippen LogP contribution in [-0.4, -0.2) is 4.98 Å². The van der Waals surface area contributed by atoms with Crippen LogP contribution in [0.5, 0.6) is 0 Å². The molecule has 1 rings (SSSR count). The van der Waals surface area contributed by atoms with Crippen LogP contribution in [0.4, 0.5) is 5.82 Å². The molecule has 0 aromatic carbocycles. The van der Waals surface area contributed by atoms with Crippen LogP contribution in [0, 0.1) is 0 Å². The summed E-state index contributed by atoms with van der Waals surface area (Å²) in [5.41, 5.74) is 6.78. The molecule has 0 saturated heterocycles. The Bertz CT molecular complexity index is 297. The van der Waals surface area contributed by atoms with Gasteiger partial charge in [-0.05, 0) is 25.0 Å². The van der Waals surface area contributed by atoms with Crippen LogP contribution >= 0.6 is 0 Å². The third-order valence-corrected chi connectivity index (χ3v) is 3.11. The highest BCUT2D eigenvalue weighted by Gasteiger charge is 1.96. The first kappa shape index (κ1) is 14.0. The maximum Gasteiger partial charge on any atom is 0.123 e. The third kappa shape index (κ3) is 6.98. The highest BCUT2D eigenvalue weighted by Crippen LogP contribution is 2.10. The lowest BCUT2D eigenvalue weighted by Crippen LogP contribution is -1.95. The standard InChI is InChI=1S/C15H26N2/c1-2-3-4-5-6-7-8-9-11-14-12-10-13-15(16)17-14/h10,12-13H,2-9,11H2,1H3,(H2,16,17). The summed E-state index contributed by atoms with van der Waals surface area (Å²) in [6.45, 7) is 2.26. The molecule has 0 unspecified atom stereocenters. The molecule has 96 valence electrons. The predicted octanol–water partition coefficient (Wildman–Crippen LogP) is 4.35. The van der Waals surface area contributed by atoms with E-state index in [1.807, 2.05) is 12.1 Å². The van der Waals surface area contributed by atoms with E-state index in [4.69, 9.17) is 5.73 Å². The number of nitrogens with zero attached hydrogens (tertiary/aromatic N) is 1. The number of pyridine rings is 1. The van der Waals surface area contributed by atoms with Crippen molar-refractivity contribution in [1.29, 1.82) is 0 Å². The molecular weight excluding hydrogens is 208 g/mol. The molecule has 1 aromatic rings. The molecule has 0 spiro atoms. The van der Waals surface area contributed by atoms with Crippen molar-refractivity contribution in [3.8, 4) is 0 Å². The number of aromatic nitrogens is 1. The Kier molecular flexibility index (Phi) is 7.44. The summed E-state index contributed by atoms with van der Waals surface area (Å²) in [5, 5.41) is 0. The number of nitrogens with two attached hydrogens (primary N) is 1. The minimum Gasteiger partial charge on any atom is -0.384 e. The van der Waals surface area contributed by atoms with Crippen LogP contribution in [-0.2, 0) is 6.42 Å². The fraction of sp³-hybridized carbons (Fsp3) is 0.667. The molecule has 0 amide bonds. The van der Waals surface area contributed by atoms with E-state index in [1.54, 1.807) is 0 Å². The molecule has 17 heavy (non-hydrogen) atoms. The number of nitrogen functional groups attached to an aromatic ring is 1. The highest BCUT2D eigenvalue weighted by molar-refractivity contribution is 5.28. The molecule has 2 N–H and O–H groups in total. The van der Waals surface area contributed by atoms with Gasteiger partial charge in [0, 0.05) is 5.69 Å². The maximum absolute atomic E-state index is 5.65. The SMILES string of the molecule is CCCCCCCCCCc1cccc(N)n1. The van der Waals surface area contributed by atoms with Crippen LogP contribution in [0.25, 0.3) is 0 Å². The van der Waals surface area contributed by atoms with Gasteiger partial charge in [-0.3, -0.25) is 0 Å². The van der Waals surface area contributed by atoms with Gasteiger partial charge in [0.2, 0.25) is 0 Å². The molecular formula is C15H26N2. The predicted molar refractivity (Wildman–Crippen MR) is 75.0 cm³/mol. The van der Waals surface area contributed by atoms with Crippen molar-refractivity contribution in [3.05, 3.63) is 23.9 Å². The average Bonchev–Trinajstić information content (AvgIpc) is 2.33. The Labute approximate surface area is 106 Å². The number of hydrogen-bond donors (Lipinski definition) is 1. The highest BCUT2D eigenvalue weighted by atomic mass is 14.8. The van der Waals surface area contributed by atoms with Crippen LogP contribution in [0.2, 0.25) is 0 Å². The van der Waals surface area contributed by atoms with Gasteiger partial charge >= 0.3 is 0 Å². The third-order valence-electron chi connectivity index (χ3n) is 3.11. The van der Waals surface area contributed by atoms with Crippen LogP contribution in [0.3, 0.4) is 0 Å². The molecule has 2 nitrogen and oxygen atoms in total. The summed E-state index contributed by atoms with van der Waals surface area (Å²) in [7, 11) is 0. The minimum absolute atomic E-state index is 0.641. The zero-order chi connectivity index (χ0) is 12.3. The van der Waals surface area contributed by atoms with Gasteiger partial charge < -0.3 is 5.73 Å². The number of hydrogen-bond acceptors (Lipinski definition) is 2. The van der Waals surface area contributed by atoms with Gasteiger partial charge in [-0.25, -0.2) is 4.98 Å². The van der Waals surface area contributed by atoms with E-state index in [1.165, 1.54) is 51.4 Å². The number of unbranched alkanes of at least 4 members (excludes halogenated alkanes) is 7. The molecule has 1 heterocycles. The maximum atomic E-state index is 5.65. The van der Waals surface area contributed by atoms with Crippen molar-refractivity contribution in [2.45, 2.75) is 64.7 Å². The molecule has 2 heteroatoms. The first-order valence-corrected chi connectivity index (χ1v) is 7.04. The lowest BCUT2D eigenvalue weighted by Gasteiger charge is -2.02. The van der Waals surface area contributed by atoms with E-state index in [9.17, 15) is 0 Å². The van der Waals surface area contributed by atoms with E-state index >= 15 is 0 Å². The molecule has 0 saturated carbocycles. The largest absolute Gasteiger partial charge is 0.384 e. The summed E-state index contributed by atoms with van der Waals surface area (Å²) in [5.74, 6) is 0.641. The Morgan fingerprint density at radius 1 is 0.941 bits per heavy atom. The van der Waals surface area contributed by atoms with Crippen molar-refractivity contribution < 1.29 is 0 Å². The number of rotatable bonds is 9. The van der Waals surface area contributed by atoms with Gasteiger partial charge in [-0.2, -0.15) is 0 Å². The second-order valence-electron chi connectivity index (χ2n) is 4.78. The number of anilines is 1. The lowest BCUT2D eigenvalue weighted by atomic mass is 10.1. The van der Waals surface area contributed by atoms with E-state index in [0.29, 0.717) is 5.82 Å². The average molecular weight is 234 g/mol. The van der Waals surface area contributed by atoms with Crippen LogP contribution in [0.1, 0.15) is 64.0 Å². The Morgan fingerprint density at radius 3 is 2.24 bits per heavy atom. The molecule has 0 bridgehead atoms. The number of aryl methyl sites for hydroxylation is 1. The zero-order valence-corrected chi connectivity index (χ0v) is 11.1. The summed E-state index contributed by atoms with van der Waals surface area (Å²) in [4.78, 5) is 4.31. The second kappa shape index (κ2) is 9.03. The van der Waals surface area contributed by atoms with Crippen molar-refractivity contribution in [2.24, 2.45) is 0 Å². The molecule has 1 aromatic heterocycles. The minimum atomic E-state index is 0.641. The fourth-order valence-corrected chi connectivity index (χ4v) is 2.08. The zero-order valence-electron chi connectivity index (χ0n) is 11.1. The normalized spacial score (nSPS) is 10.6. The molecule has 0 fully saturated rings. The lowest BCUT2D eigenvalue weighted by molar-refractivity contribution is 0.574. The topological polar surface area (TPSA) is 38.9 Å². The van der Waals surface area contributed by atoms with Gasteiger partial charge in [0.1, 0.15) is 5.82 Å². The fourth-order valence-electron chi connectivity index (χ4n) is 2.08. The Balaban J connectivity index is 1.97. The van der Waals surface area contributed by atoms with E-state index in [-0.39, 0.29) is 0 Å². The molecule has 0 aliphatic rings. The molecule has 0 aliphatic heterocycles. The molecule has 0 aliphatic carbocycles. The summed E-state index contributed by atoms with van der Waals surface area (Å²) < 4.78 is 0. The summed E-state index contributed by atoms with van der Waals surface area (Å²) in [6, 6.07) is 5.90. The van der Waals surface area contributed by atoms with Crippen LogP contribution < -0.4 is 5.73 Å². The smallest absolute Gasteiger partial charge is 0.123 e. The Morgan fingerprint density at radius 2 is 1.59 bits per heavy atom. The van der Waals surface area contributed by atoms with Gasteiger partial charge in [-0.1, -0.05) is 57.9 Å². The van der Waals surface area contributed by atoms with E-state index in [2.05, 4.69) is 18.0 Å². The van der Waals surface area contributed by atoms with Gasteiger partial charge in [0.15, 0.2) is 0 Å². The first-order chi connectivity index (χ1) is 8.33. The second-order valence-corrected chi connectivity index (χ2v) is 4.78. The quantitative estimate of drug-likeness (QED) is 0.645.